The van der Waals surface area contributed by atoms with E-state index in [4.69, 9.17) is 0 Å². The fourth-order valence-corrected chi connectivity index (χ4v) is 2.29. The molecule has 134 valence electrons. The highest BCUT2D eigenvalue weighted by Gasteiger charge is 2.41. The second kappa shape index (κ2) is 8.27. The Labute approximate surface area is 136 Å². The topological polar surface area (TPSA) is 63.2 Å². The summed E-state index contributed by atoms with van der Waals surface area (Å²) in [6.45, 7) is 1.00. The van der Waals surface area contributed by atoms with E-state index in [9.17, 15) is 22.4 Å². The van der Waals surface area contributed by atoms with E-state index in [2.05, 4.69) is 20.4 Å². The number of aromatic nitrogens is 1. The van der Waals surface area contributed by atoms with E-state index in [1.165, 1.54) is 12.1 Å². The van der Waals surface area contributed by atoms with Crippen molar-refractivity contribution >= 4 is 5.91 Å². The molecule has 1 unspecified atom stereocenters. The number of rotatable bonds is 8. The number of ether oxygens (including phenoxy) is 1. The van der Waals surface area contributed by atoms with E-state index in [0.717, 1.165) is 32.1 Å². The number of hydrogen-bond acceptors (Lipinski definition) is 4. The van der Waals surface area contributed by atoms with Gasteiger partial charge in [0.1, 0.15) is 0 Å². The Kier molecular flexibility index (Phi) is 6.36. The molecule has 0 aliphatic carbocycles. The Morgan fingerprint density at radius 3 is 2.83 bits per heavy atom. The average Bonchev–Trinajstić information content (AvgIpc) is 3.06. The maximum Gasteiger partial charge on any atom is 0.340 e. The number of amides is 1. The van der Waals surface area contributed by atoms with Gasteiger partial charge in [0.05, 0.1) is 5.56 Å². The summed E-state index contributed by atoms with van der Waals surface area (Å²) in [6, 6.07) is 2.53. The summed E-state index contributed by atoms with van der Waals surface area (Å²) in [7, 11) is 0. The van der Waals surface area contributed by atoms with Crippen LogP contribution in [0.4, 0.5) is 17.6 Å². The van der Waals surface area contributed by atoms with Crippen molar-refractivity contribution < 1.29 is 27.1 Å². The Morgan fingerprint density at radius 1 is 1.46 bits per heavy atom. The molecule has 1 atom stereocenters. The summed E-state index contributed by atoms with van der Waals surface area (Å²) in [5.41, 5.74) is 0.243. The van der Waals surface area contributed by atoms with Gasteiger partial charge in [0.15, 0.2) is 6.61 Å². The summed E-state index contributed by atoms with van der Waals surface area (Å²) < 4.78 is 54.0. The number of nitrogens with zero attached hydrogens (tertiary/aromatic N) is 1. The molecule has 2 N–H and O–H groups in total. The molecule has 1 aliphatic rings. The SMILES string of the molecule is O=C(NCCC1CCNC1)c1ccc(OCC(F)(F)C(F)F)nc1. The number of nitrogens with one attached hydrogen (secondary N) is 2. The molecule has 1 aliphatic heterocycles. The molecule has 0 radical (unpaired) electrons. The third-order valence-electron chi connectivity index (χ3n) is 3.73. The summed E-state index contributed by atoms with van der Waals surface area (Å²) in [5.74, 6) is -4.27. The average molecular weight is 349 g/mol. The minimum Gasteiger partial charge on any atom is -0.471 e. The summed E-state index contributed by atoms with van der Waals surface area (Å²) in [6.07, 6.45) is -0.692. The molecular weight excluding hydrogens is 330 g/mol. The van der Waals surface area contributed by atoms with Crippen LogP contribution in [-0.2, 0) is 0 Å². The maximum atomic E-state index is 12.7. The van der Waals surface area contributed by atoms with Crippen molar-refractivity contribution in [3.8, 4) is 5.88 Å². The molecule has 2 heterocycles. The van der Waals surface area contributed by atoms with Gasteiger partial charge in [0, 0.05) is 18.8 Å². The monoisotopic (exact) mass is 349 g/mol. The number of pyridine rings is 1. The van der Waals surface area contributed by atoms with Crippen LogP contribution in [0.25, 0.3) is 0 Å². The molecule has 0 bridgehead atoms. The first-order valence-corrected chi connectivity index (χ1v) is 7.62. The Balaban J connectivity index is 1.77. The molecule has 1 fully saturated rings. The number of hydrogen-bond donors (Lipinski definition) is 2. The molecule has 1 saturated heterocycles. The summed E-state index contributed by atoms with van der Waals surface area (Å²) in [4.78, 5) is 15.6. The van der Waals surface area contributed by atoms with Gasteiger partial charge in [-0.25, -0.2) is 13.8 Å². The Hall–Kier alpha value is -1.90. The zero-order valence-electron chi connectivity index (χ0n) is 12.9. The van der Waals surface area contributed by atoms with E-state index < -0.39 is 19.0 Å². The lowest BCUT2D eigenvalue weighted by Crippen LogP contribution is -2.33. The zero-order chi connectivity index (χ0) is 17.6. The van der Waals surface area contributed by atoms with Gasteiger partial charge in [-0.1, -0.05) is 0 Å². The van der Waals surface area contributed by atoms with Crippen molar-refractivity contribution in [2.75, 3.05) is 26.2 Å². The lowest BCUT2D eigenvalue weighted by molar-refractivity contribution is -0.148. The molecule has 9 heteroatoms. The van der Waals surface area contributed by atoms with Crippen LogP contribution in [0, 0.1) is 5.92 Å². The van der Waals surface area contributed by atoms with Gasteiger partial charge in [-0.3, -0.25) is 4.79 Å². The van der Waals surface area contributed by atoms with Crippen molar-refractivity contribution in [1.82, 2.24) is 15.6 Å². The van der Waals surface area contributed by atoms with Crippen LogP contribution >= 0.6 is 0 Å². The smallest absolute Gasteiger partial charge is 0.340 e. The molecule has 1 aromatic rings. The lowest BCUT2D eigenvalue weighted by atomic mass is 10.1. The summed E-state index contributed by atoms with van der Waals surface area (Å²) >= 11 is 0. The van der Waals surface area contributed by atoms with Gasteiger partial charge in [-0.05, 0) is 37.9 Å². The molecular formula is C15H19F4N3O2. The van der Waals surface area contributed by atoms with Gasteiger partial charge in [-0.15, -0.1) is 0 Å². The first kappa shape index (κ1) is 18.4. The fourth-order valence-electron chi connectivity index (χ4n) is 2.29. The zero-order valence-corrected chi connectivity index (χ0v) is 12.9. The molecule has 0 aromatic carbocycles. The standard InChI is InChI=1S/C15H19F4N3O2/c16-14(17)15(18,19)9-24-12-2-1-11(8-22-12)13(23)21-6-4-10-3-5-20-7-10/h1-2,8,10,14,20H,3-7,9H2,(H,21,23). The molecule has 24 heavy (non-hydrogen) atoms. The minimum absolute atomic E-state index is 0.243. The fraction of sp³-hybridized carbons (Fsp3) is 0.600. The molecule has 1 amide bonds. The number of carbonyl (C=O) groups excluding carboxylic acids is 1. The number of halogens is 4. The second-order valence-corrected chi connectivity index (χ2v) is 5.64. The normalized spacial score (nSPS) is 18.0. The van der Waals surface area contributed by atoms with E-state index in [0.29, 0.717) is 12.5 Å². The van der Waals surface area contributed by atoms with E-state index in [1.54, 1.807) is 0 Å². The van der Waals surface area contributed by atoms with Crippen molar-refractivity contribution in [3.63, 3.8) is 0 Å². The van der Waals surface area contributed by atoms with Crippen molar-refractivity contribution in [3.05, 3.63) is 23.9 Å². The first-order chi connectivity index (χ1) is 11.4. The van der Waals surface area contributed by atoms with E-state index in [1.807, 2.05) is 0 Å². The Bertz CT molecular complexity index is 534. The van der Waals surface area contributed by atoms with Crippen LogP contribution in [0.15, 0.2) is 18.3 Å². The highest BCUT2D eigenvalue weighted by molar-refractivity contribution is 5.93. The highest BCUT2D eigenvalue weighted by Crippen LogP contribution is 2.23. The minimum atomic E-state index is -4.24. The molecule has 0 saturated carbocycles. The molecule has 5 nitrogen and oxygen atoms in total. The summed E-state index contributed by atoms with van der Waals surface area (Å²) in [5, 5.41) is 5.99. The predicted molar refractivity (Wildman–Crippen MR) is 78.6 cm³/mol. The Morgan fingerprint density at radius 2 is 2.25 bits per heavy atom. The number of carbonyl (C=O) groups is 1. The van der Waals surface area contributed by atoms with Crippen LogP contribution in [0.1, 0.15) is 23.2 Å². The van der Waals surface area contributed by atoms with E-state index >= 15 is 0 Å². The first-order valence-electron chi connectivity index (χ1n) is 7.62. The molecule has 2 rings (SSSR count). The highest BCUT2D eigenvalue weighted by atomic mass is 19.3. The number of alkyl halides is 4. The van der Waals surface area contributed by atoms with Crippen molar-refractivity contribution in [2.45, 2.75) is 25.2 Å². The third kappa shape index (κ3) is 5.33. The van der Waals surface area contributed by atoms with Crippen molar-refractivity contribution in [1.29, 1.82) is 0 Å². The van der Waals surface area contributed by atoms with Crippen LogP contribution < -0.4 is 15.4 Å². The molecule has 0 spiro atoms. The largest absolute Gasteiger partial charge is 0.471 e. The van der Waals surface area contributed by atoms with Crippen molar-refractivity contribution in [2.24, 2.45) is 5.92 Å². The van der Waals surface area contributed by atoms with Gasteiger partial charge in [0.25, 0.3) is 5.91 Å². The second-order valence-electron chi connectivity index (χ2n) is 5.64. The van der Waals surface area contributed by atoms with Crippen LogP contribution in [0.5, 0.6) is 5.88 Å². The van der Waals surface area contributed by atoms with Crippen LogP contribution in [0.3, 0.4) is 0 Å². The van der Waals surface area contributed by atoms with Gasteiger partial charge < -0.3 is 15.4 Å². The third-order valence-corrected chi connectivity index (χ3v) is 3.73. The predicted octanol–water partition coefficient (Wildman–Crippen LogP) is 2.09. The van der Waals surface area contributed by atoms with Crippen LogP contribution in [-0.4, -0.2) is 49.5 Å². The lowest BCUT2D eigenvalue weighted by Gasteiger charge is -2.15. The quantitative estimate of drug-likeness (QED) is 0.706. The van der Waals surface area contributed by atoms with Gasteiger partial charge in [-0.2, -0.15) is 8.78 Å². The molecule has 1 aromatic heterocycles. The maximum absolute atomic E-state index is 12.7. The van der Waals surface area contributed by atoms with E-state index in [-0.39, 0.29) is 17.4 Å². The van der Waals surface area contributed by atoms with Gasteiger partial charge in [0.2, 0.25) is 5.88 Å². The van der Waals surface area contributed by atoms with Gasteiger partial charge >= 0.3 is 12.3 Å². The van der Waals surface area contributed by atoms with Crippen LogP contribution in [0.2, 0.25) is 0 Å².